The lowest BCUT2D eigenvalue weighted by molar-refractivity contribution is -0.105. The van der Waals surface area contributed by atoms with Crippen molar-refractivity contribution in [1.29, 1.82) is 0 Å². The van der Waals surface area contributed by atoms with Gasteiger partial charge < -0.3 is 15.0 Å². The summed E-state index contributed by atoms with van der Waals surface area (Å²) in [5, 5.41) is 6.19. The highest BCUT2D eigenvalue weighted by Gasteiger charge is 2.12. The van der Waals surface area contributed by atoms with Crippen LogP contribution in [0.4, 0.5) is 11.4 Å². The molecule has 0 aliphatic heterocycles. The average Bonchev–Trinajstić information content (AvgIpc) is 2.92. The summed E-state index contributed by atoms with van der Waals surface area (Å²) < 4.78 is 2.03. The molecule has 3 aromatic rings. The number of benzene rings is 1. The maximum Gasteiger partial charge on any atom is 0.211 e. The Morgan fingerprint density at radius 2 is 2.04 bits per heavy atom. The molecule has 0 unspecified atom stereocenters. The zero-order valence-corrected chi connectivity index (χ0v) is 14.3. The SMILES string of the molecule is C#CCc1c(C)nc2c(NCc3c(C)cccc3NC=O)cccn12. The number of carbonyl (C=O) groups is 1. The fourth-order valence-corrected chi connectivity index (χ4v) is 3.00. The molecule has 5 nitrogen and oxygen atoms in total. The minimum absolute atomic E-state index is 0.543. The lowest BCUT2D eigenvalue weighted by Crippen LogP contribution is -2.07. The first-order chi connectivity index (χ1) is 12.2. The van der Waals surface area contributed by atoms with E-state index in [0.29, 0.717) is 19.4 Å². The number of hydrogen-bond acceptors (Lipinski definition) is 3. The second kappa shape index (κ2) is 7.10. The first-order valence-electron chi connectivity index (χ1n) is 8.08. The van der Waals surface area contributed by atoms with Crippen LogP contribution in [-0.4, -0.2) is 15.8 Å². The van der Waals surface area contributed by atoms with Crippen molar-refractivity contribution in [2.24, 2.45) is 0 Å². The van der Waals surface area contributed by atoms with E-state index in [2.05, 4.69) is 21.5 Å². The van der Waals surface area contributed by atoms with Crippen molar-refractivity contribution in [2.75, 3.05) is 10.6 Å². The molecule has 2 N–H and O–H groups in total. The zero-order chi connectivity index (χ0) is 17.8. The van der Waals surface area contributed by atoms with E-state index in [9.17, 15) is 4.79 Å². The van der Waals surface area contributed by atoms with Crippen molar-refractivity contribution in [3.05, 3.63) is 59.0 Å². The average molecular weight is 332 g/mol. The van der Waals surface area contributed by atoms with E-state index < -0.39 is 0 Å². The van der Waals surface area contributed by atoms with Gasteiger partial charge >= 0.3 is 0 Å². The first-order valence-corrected chi connectivity index (χ1v) is 8.08. The summed E-state index contributed by atoms with van der Waals surface area (Å²) in [5.41, 5.74) is 6.70. The molecule has 2 aromatic heterocycles. The summed E-state index contributed by atoms with van der Waals surface area (Å²) >= 11 is 0. The van der Waals surface area contributed by atoms with Gasteiger partial charge in [-0.25, -0.2) is 4.98 Å². The Bertz CT molecular complexity index is 966. The molecule has 0 saturated heterocycles. The van der Waals surface area contributed by atoms with Crippen molar-refractivity contribution < 1.29 is 4.79 Å². The third kappa shape index (κ3) is 3.20. The number of hydrogen-bond donors (Lipinski definition) is 2. The molecule has 3 rings (SSSR count). The highest BCUT2D eigenvalue weighted by molar-refractivity contribution is 5.75. The number of aryl methyl sites for hydroxylation is 2. The van der Waals surface area contributed by atoms with E-state index >= 15 is 0 Å². The Kier molecular flexibility index (Phi) is 4.71. The van der Waals surface area contributed by atoms with Gasteiger partial charge in [-0.1, -0.05) is 12.1 Å². The van der Waals surface area contributed by atoms with Crippen LogP contribution in [0.25, 0.3) is 5.65 Å². The van der Waals surface area contributed by atoms with Gasteiger partial charge in [-0.15, -0.1) is 12.3 Å². The van der Waals surface area contributed by atoms with E-state index in [1.165, 1.54) is 0 Å². The van der Waals surface area contributed by atoms with Crippen LogP contribution in [0.5, 0.6) is 0 Å². The molecule has 0 bridgehead atoms. The summed E-state index contributed by atoms with van der Waals surface area (Å²) in [4.78, 5) is 15.5. The first kappa shape index (κ1) is 16.6. The molecule has 0 spiro atoms. The topological polar surface area (TPSA) is 58.4 Å². The molecule has 0 saturated carbocycles. The van der Waals surface area contributed by atoms with Crippen LogP contribution >= 0.6 is 0 Å². The highest BCUT2D eigenvalue weighted by Crippen LogP contribution is 2.24. The third-order valence-corrected chi connectivity index (χ3v) is 4.30. The fraction of sp³-hybridized carbons (Fsp3) is 0.200. The summed E-state index contributed by atoms with van der Waals surface area (Å²) in [6, 6.07) is 9.81. The molecule has 2 heterocycles. The van der Waals surface area contributed by atoms with E-state index in [0.717, 1.165) is 39.5 Å². The summed E-state index contributed by atoms with van der Waals surface area (Å²) in [6.07, 6.45) is 8.69. The number of carbonyl (C=O) groups excluding carboxylic acids is 1. The molecule has 0 aliphatic carbocycles. The van der Waals surface area contributed by atoms with Crippen LogP contribution in [0.3, 0.4) is 0 Å². The summed E-state index contributed by atoms with van der Waals surface area (Å²) in [7, 11) is 0. The van der Waals surface area contributed by atoms with Crippen molar-refractivity contribution in [3.63, 3.8) is 0 Å². The largest absolute Gasteiger partial charge is 0.378 e. The predicted molar refractivity (Wildman–Crippen MR) is 101 cm³/mol. The molecule has 126 valence electrons. The molecule has 25 heavy (non-hydrogen) atoms. The summed E-state index contributed by atoms with van der Waals surface area (Å²) in [5.74, 6) is 2.69. The van der Waals surface area contributed by atoms with Gasteiger partial charge in [0.25, 0.3) is 0 Å². The number of imidazole rings is 1. The number of amides is 1. The molecular formula is C20H20N4O. The van der Waals surface area contributed by atoms with E-state index in [1.807, 2.05) is 54.8 Å². The Balaban J connectivity index is 1.94. The number of rotatable bonds is 6. The quantitative estimate of drug-likeness (QED) is 0.538. The number of nitrogens with one attached hydrogen (secondary N) is 2. The molecule has 1 amide bonds. The van der Waals surface area contributed by atoms with E-state index in [1.54, 1.807) is 0 Å². The number of nitrogens with zero attached hydrogens (tertiary/aromatic N) is 2. The van der Waals surface area contributed by atoms with Gasteiger partial charge in [0.05, 0.1) is 23.5 Å². The van der Waals surface area contributed by atoms with Gasteiger partial charge in [0.1, 0.15) is 0 Å². The number of pyridine rings is 1. The number of fused-ring (bicyclic) bond motifs is 1. The Labute approximate surface area is 147 Å². The van der Waals surface area contributed by atoms with Gasteiger partial charge in [0.2, 0.25) is 6.41 Å². The Hall–Kier alpha value is -3.26. The minimum atomic E-state index is 0.543. The maximum atomic E-state index is 10.8. The van der Waals surface area contributed by atoms with Gasteiger partial charge in [-0.2, -0.15) is 0 Å². The molecule has 0 fully saturated rings. The second-order valence-corrected chi connectivity index (χ2v) is 5.86. The van der Waals surface area contributed by atoms with Crippen LogP contribution in [0.1, 0.15) is 22.5 Å². The Morgan fingerprint density at radius 3 is 2.80 bits per heavy atom. The minimum Gasteiger partial charge on any atom is -0.378 e. The van der Waals surface area contributed by atoms with E-state index in [-0.39, 0.29) is 0 Å². The van der Waals surface area contributed by atoms with Crippen LogP contribution in [0.2, 0.25) is 0 Å². The van der Waals surface area contributed by atoms with Gasteiger partial charge in [0, 0.05) is 18.4 Å². The van der Waals surface area contributed by atoms with Crippen molar-refractivity contribution in [1.82, 2.24) is 9.38 Å². The maximum absolute atomic E-state index is 10.8. The van der Waals surface area contributed by atoms with Crippen LogP contribution in [-0.2, 0) is 17.8 Å². The molecular weight excluding hydrogens is 312 g/mol. The number of terminal acetylenes is 1. The lowest BCUT2D eigenvalue weighted by atomic mass is 10.1. The molecule has 1 aromatic carbocycles. The zero-order valence-electron chi connectivity index (χ0n) is 14.3. The molecule has 0 radical (unpaired) electrons. The normalized spacial score (nSPS) is 10.4. The predicted octanol–water partition coefficient (Wildman–Crippen LogP) is 3.31. The van der Waals surface area contributed by atoms with Crippen molar-refractivity contribution in [2.45, 2.75) is 26.8 Å². The molecule has 0 atom stereocenters. The van der Waals surface area contributed by atoms with E-state index in [4.69, 9.17) is 6.42 Å². The monoisotopic (exact) mass is 332 g/mol. The Morgan fingerprint density at radius 1 is 1.24 bits per heavy atom. The van der Waals surface area contributed by atoms with Crippen molar-refractivity contribution in [3.8, 4) is 12.3 Å². The highest BCUT2D eigenvalue weighted by atomic mass is 16.1. The number of aromatic nitrogens is 2. The second-order valence-electron chi connectivity index (χ2n) is 5.86. The summed E-state index contributed by atoms with van der Waals surface area (Å²) in [6.45, 7) is 4.58. The van der Waals surface area contributed by atoms with Gasteiger partial charge in [0.15, 0.2) is 5.65 Å². The fourth-order valence-electron chi connectivity index (χ4n) is 3.00. The van der Waals surface area contributed by atoms with Gasteiger partial charge in [-0.3, -0.25) is 4.79 Å². The van der Waals surface area contributed by atoms with Crippen LogP contribution in [0.15, 0.2) is 36.5 Å². The van der Waals surface area contributed by atoms with Gasteiger partial charge in [-0.05, 0) is 43.2 Å². The molecule has 0 aliphatic rings. The van der Waals surface area contributed by atoms with Crippen LogP contribution in [0, 0.1) is 26.2 Å². The number of anilines is 2. The lowest BCUT2D eigenvalue weighted by Gasteiger charge is -2.14. The standard InChI is InChI=1S/C20H20N4O/c1-4-7-19-15(3)23-20-18(10-6-11-24(19)20)21-12-16-14(2)8-5-9-17(16)22-13-25/h1,5-6,8-11,13,21H,7,12H2,2-3H3,(H,22,25). The molecule has 5 heteroatoms. The van der Waals surface area contributed by atoms with Crippen molar-refractivity contribution >= 4 is 23.4 Å². The third-order valence-electron chi connectivity index (χ3n) is 4.30. The van der Waals surface area contributed by atoms with Crippen LogP contribution < -0.4 is 10.6 Å². The smallest absolute Gasteiger partial charge is 0.211 e.